The van der Waals surface area contributed by atoms with Crippen molar-refractivity contribution in [2.45, 2.75) is 13.0 Å². The summed E-state index contributed by atoms with van der Waals surface area (Å²) in [6.45, 7) is 1.62. The Kier molecular flexibility index (Phi) is 3.38. The molecule has 2 rings (SSSR count). The van der Waals surface area contributed by atoms with Gasteiger partial charge < -0.3 is 10.5 Å². The fourth-order valence-corrected chi connectivity index (χ4v) is 1.60. The van der Waals surface area contributed by atoms with Gasteiger partial charge in [-0.25, -0.2) is 4.39 Å². The van der Waals surface area contributed by atoms with E-state index in [1.54, 1.807) is 6.92 Å². The van der Waals surface area contributed by atoms with Crippen LogP contribution in [-0.4, -0.2) is 0 Å². The van der Waals surface area contributed by atoms with E-state index in [9.17, 15) is 13.2 Å². The zero-order chi connectivity index (χ0) is 14.0. The van der Waals surface area contributed by atoms with Crippen molar-refractivity contribution >= 4 is 5.69 Å². The maximum absolute atomic E-state index is 13.8. The van der Waals surface area contributed by atoms with Crippen LogP contribution >= 0.6 is 0 Å². The first-order chi connectivity index (χ1) is 8.88. The fraction of sp³-hybridized carbons (Fsp3) is 0.143. The molecule has 2 aromatic carbocycles. The number of nitrogen functional groups attached to an aromatic ring is 1. The molecule has 0 amide bonds. The van der Waals surface area contributed by atoms with Crippen molar-refractivity contribution in [1.29, 1.82) is 0 Å². The van der Waals surface area contributed by atoms with Crippen molar-refractivity contribution in [3.63, 3.8) is 0 Å². The molecule has 2 nitrogen and oxygen atoms in total. The first-order valence-electron chi connectivity index (χ1n) is 5.57. The second-order valence-electron chi connectivity index (χ2n) is 4.17. The molecule has 19 heavy (non-hydrogen) atoms. The molecular formula is C14H12F3NO. The van der Waals surface area contributed by atoms with Crippen molar-refractivity contribution in [1.82, 2.24) is 0 Å². The van der Waals surface area contributed by atoms with Gasteiger partial charge in [0.2, 0.25) is 0 Å². The first kappa shape index (κ1) is 13.3. The third-order valence-electron chi connectivity index (χ3n) is 2.56. The summed E-state index contributed by atoms with van der Waals surface area (Å²) in [5.41, 5.74) is 5.63. The van der Waals surface area contributed by atoms with Gasteiger partial charge in [0.15, 0.2) is 0 Å². The smallest absolute Gasteiger partial charge is 0.429 e. The van der Waals surface area contributed by atoms with Gasteiger partial charge in [0.1, 0.15) is 11.6 Å². The fourth-order valence-electron chi connectivity index (χ4n) is 1.60. The summed E-state index contributed by atoms with van der Waals surface area (Å²) in [7, 11) is 0. The molecule has 2 aromatic rings. The van der Waals surface area contributed by atoms with E-state index in [0.29, 0.717) is 11.3 Å². The largest absolute Gasteiger partial charge is 0.429 e. The lowest BCUT2D eigenvalue weighted by Crippen LogP contribution is -2.23. The highest BCUT2D eigenvalue weighted by molar-refractivity contribution is 5.42. The molecule has 0 saturated carbocycles. The van der Waals surface area contributed by atoms with E-state index in [4.69, 9.17) is 5.73 Å². The Hall–Kier alpha value is -2.17. The van der Waals surface area contributed by atoms with Gasteiger partial charge in [-0.3, -0.25) is 0 Å². The molecule has 2 N–H and O–H groups in total. The highest BCUT2D eigenvalue weighted by Gasteiger charge is 2.37. The number of halogens is 3. The molecule has 0 aliphatic rings. The van der Waals surface area contributed by atoms with Crippen LogP contribution in [0.5, 0.6) is 5.75 Å². The van der Waals surface area contributed by atoms with Gasteiger partial charge in [0.25, 0.3) is 0 Å². The van der Waals surface area contributed by atoms with Gasteiger partial charge >= 0.3 is 6.11 Å². The Bertz CT molecular complexity index is 582. The summed E-state index contributed by atoms with van der Waals surface area (Å²) >= 11 is 0. The van der Waals surface area contributed by atoms with E-state index < -0.39 is 17.5 Å². The summed E-state index contributed by atoms with van der Waals surface area (Å²) < 4.78 is 45.8. The van der Waals surface area contributed by atoms with Gasteiger partial charge in [0.05, 0.1) is 5.56 Å². The second kappa shape index (κ2) is 4.84. The molecule has 0 radical (unpaired) electrons. The predicted molar refractivity (Wildman–Crippen MR) is 66.5 cm³/mol. The van der Waals surface area contributed by atoms with E-state index >= 15 is 0 Å². The van der Waals surface area contributed by atoms with Crippen molar-refractivity contribution in [3.05, 3.63) is 59.4 Å². The average molecular weight is 267 g/mol. The van der Waals surface area contributed by atoms with Crippen LogP contribution in [0.2, 0.25) is 0 Å². The van der Waals surface area contributed by atoms with E-state index in [2.05, 4.69) is 4.74 Å². The zero-order valence-corrected chi connectivity index (χ0v) is 10.2. The molecule has 5 heteroatoms. The average Bonchev–Trinajstić information content (AvgIpc) is 2.31. The van der Waals surface area contributed by atoms with Crippen molar-refractivity contribution in [2.24, 2.45) is 0 Å². The van der Waals surface area contributed by atoms with Crippen LogP contribution < -0.4 is 10.5 Å². The van der Waals surface area contributed by atoms with E-state index in [1.807, 2.05) is 0 Å². The third-order valence-corrected chi connectivity index (χ3v) is 2.56. The number of anilines is 1. The summed E-state index contributed by atoms with van der Waals surface area (Å²) in [5, 5.41) is 0. The number of rotatable bonds is 3. The van der Waals surface area contributed by atoms with Crippen LogP contribution in [0.25, 0.3) is 0 Å². The van der Waals surface area contributed by atoms with Crippen LogP contribution in [0, 0.1) is 12.7 Å². The molecule has 0 aromatic heterocycles. The number of hydrogen-bond donors (Lipinski definition) is 1. The minimum Gasteiger partial charge on any atom is -0.429 e. The van der Waals surface area contributed by atoms with E-state index in [0.717, 1.165) is 12.1 Å². The van der Waals surface area contributed by atoms with Gasteiger partial charge in [-0.05, 0) is 48.9 Å². The molecule has 0 aliphatic carbocycles. The van der Waals surface area contributed by atoms with Crippen molar-refractivity contribution in [2.75, 3.05) is 5.73 Å². The van der Waals surface area contributed by atoms with E-state index in [-0.39, 0.29) is 5.75 Å². The lowest BCUT2D eigenvalue weighted by atomic mass is 10.1. The predicted octanol–water partition coefficient (Wildman–Crippen LogP) is 3.84. The standard InChI is InChI=1S/C14H12F3NO/c1-9-2-7-12(13(15)8-9)14(16,17)19-11-5-3-10(18)4-6-11/h2-8H,18H2,1H3. The second-order valence-corrected chi connectivity index (χ2v) is 4.17. The van der Waals surface area contributed by atoms with Gasteiger partial charge in [-0.15, -0.1) is 0 Å². The molecule has 0 saturated heterocycles. The normalized spacial score (nSPS) is 11.4. The zero-order valence-electron chi connectivity index (χ0n) is 10.2. The number of aryl methyl sites for hydroxylation is 1. The van der Waals surface area contributed by atoms with Crippen LogP contribution in [-0.2, 0) is 6.11 Å². The van der Waals surface area contributed by atoms with Crippen molar-refractivity contribution < 1.29 is 17.9 Å². The van der Waals surface area contributed by atoms with Crippen LogP contribution in [0.4, 0.5) is 18.9 Å². The van der Waals surface area contributed by atoms with Crippen LogP contribution in [0.3, 0.4) is 0 Å². The number of nitrogens with two attached hydrogens (primary N) is 1. The minimum atomic E-state index is -3.74. The minimum absolute atomic E-state index is 0.0841. The number of ether oxygens (including phenoxy) is 1. The SMILES string of the molecule is Cc1ccc(C(F)(F)Oc2ccc(N)cc2)c(F)c1. The Labute approximate surface area is 108 Å². The molecule has 0 aliphatic heterocycles. The molecule has 0 spiro atoms. The van der Waals surface area contributed by atoms with Gasteiger partial charge in [-0.2, -0.15) is 8.78 Å². The molecule has 0 unspecified atom stereocenters. The highest BCUT2D eigenvalue weighted by Crippen LogP contribution is 2.33. The van der Waals surface area contributed by atoms with Crippen molar-refractivity contribution in [3.8, 4) is 5.75 Å². The number of benzene rings is 2. The highest BCUT2D eigenvalue weighted by atomic mass is 19.3. The maximum Gasteiger partial charge on any atom is 0.429 e. The Morgan fingerprint density at radius 1 is 1.05 bits per heavy atom. The Balaban J connectivity index is 2.29. The molecule has 0 heterocycles. The van der Waals surface area contributed by atoms with Gasteiger partial charge in [-0.1, -0.05) is 6.07 Å². The van der Waals surface area contributed by atoms with Crippen LogP contribution in [0.15, 0.2) is 42.5 Å². The molecule has 100 valence electrons. The summed E-state index contributed by atoms with van der Waals surface area (Å²) in [6.07, 6.45) is -3.74. The molecule has 0 fully saturated rings. The summed E-state index contributed by atoms with van der Waals surface area (Å²) in [5.74, 6) is -1.08. The Morgan fingerprint density at radius 3 is 2.26 bits per heavy atom. The summed E-state index contributed by atoms with van der Waals surface area (Å²) in [6, 6.07) is 8.91. The topological polar surface area (TPSA) is 35.2 Å². The number of hydrogen-bond acceptors (Lipinski definition) is 2. The molecule has 0 atom stereocenters. The summed E-state index contributed by atoms with van der Waals surface area (Å²) in [4.78, 5) is 0. The van der Waals surface area contributed by atoms with Gasteiger partial charge in [0, 0.05) is 5.69 Å². The lowest BCUT2D eigenvalue weighted by molar-refractivity contribution is -0.187. The third kappa shape index (κ3) is 2.99. The molecular weight excluding hydrogens is 255 g/mol. The lowest BCUT2D eigenvalue weighted by Gasteiger charge is -2.19. The Morgan fingerprint density at radius 2 is 1.68 bits per heavy atom. The monoisotopic (exact) mass is 267 g/mol. The van der Waals surface area contributed by atoms with E-state index in [1.165, 1.54) is 30.3 Å². The molecule has 0 bridgehead atoms. The quantitative estimate of drug-likeness (QED) is 0.857. The van der Waals surface area contributed by atoms with Crippen LogP contribution in [0.1, 0.15) is 11.1 Å². The maximum atomic E-state index is 13.8. The number of alkyl halides is 2. The first-order valence-corrected chi connectivity index (χ1v) is 5.57.